The lowest BCUT2D eigenvalue weighted by Crippen LogP contribution is -2.42. The molecule has 0 bridgehead atoms. The van der Waals surface area contributed by atoms with Crippen molar-refractivity contribution in [1.82, 2.24) is 5.43 Å². The van der Waals surface area contributed by atoms with Crippen molar-refractivity contribution >= 4 is 0 Å². The maximum Gasteiger partial charge on any atom is 0.162 e. The number of rotatable bonds is 7. The second-order valence-electron chi connectivity index (χ2n) is 5.43. The van der Waals surface area contributed by atoms with E-state index in [1.54, 1.807) is 6.07 Å². The third kappa shape index (κ3) is 3.75. The molecule has 1 aliphatic rings. The highest BCUT2D eigenvalue weighted by atomic mass is 19.2. The van der Waals surface area contributed by atoms with E-state index >= 15 is 0 Å². The van der Waals surface area contributed by atoms with E-state index in [1.807, 2.05) is 6.92 Å². The second kappa shape index (κ2) is 7.11. The van der Waals surface area contributed by atoms with E-state index in [0.717, 1.165) is 31.9 Å². The van der Waals surface area contributed by atoms with Gasteiger partial charge in [0.1, 0.15) is 0 Å². The van der Waals surface area contributed by atoms with Crippen molar-refractivity contribution in [3.63, 3.8) is 0 Å². The molecule has 2 rings (SSSR count). The molecule has 0 aliphatic heterocycles. The number of hydrazine groups is 1. The first kappa shape index (κ1) is 15.4. The molecule has 5 heteroatoms. The lowest BCUT2D eigenvalue weighted by Gasteiger charge is -2.37. The molecule has 0 radical (unpaired) electrons. The number of benzene rings is 1. The molecular formula is C15H22F2N2O. The molecule has 0 heterocycles. The minimum absolute atomic E-state index is 0.0427. The molecule has 3 N–H and O–H groups in total. The van der Waals surface area contributed by atoms with E-state index in [0.29, 0.717) is 24.0 Å². The lowest BCUT2D eigenvalue weighted by atomic mass is 9.77. The summed E-state index contributed by atoms with van der Waals surface area (Å²) in [5.41, 5.74) is 3.08. The first-order chi connectivity index (χ1) is 9.63. The third-order valence-corrected chi connectivity index (χ3v) is 3.95. The summed E-state index contributed by atoms with van der Waals surface area (Å²) in [4.78, 5) is 0. The number of nitrogens with one attached hydrogen (secondary N) is 1. The minimum atomic E-state index is -0.807. The van der Waals surface area contributed by atoms with E-state index in [2.05, 4.69) is 5.43 Å². The number of ether oxygens (including phenoxy) is 1. The molecule has 1 aromatic carbocycles. The summed E-state index contributed by atoms with van der Waals surface area (Å²) in [6.07, 6.45) is 3.66. The van der Waals surface area contributed by atoms with Crippen LogP contribution in [0.15, 0.2) is 18.2 Å². The molecule has 1 aromatic rings. The van der Waals surface area contributed by atoms with Gasteiger partial charge in [0.2, 0.25) is 0 Å². The van der Waals surface area contributed by atoms with Gasteiger partial charge in [0.25, 0.3) is 0 Å². The van der Waals surface area contributed by atoms with Crippen LogP contribution in [0.4, 0.5) is 8.78 Å². The topological polar surface area (TPSA) is 47.3 Å². The average molecular weight is 284 g/mol. The van der Waals surface area contributed by atoms with Crippen LogP contribution >= 0.6 is 0 Å². The highest BCUT2D eigenvalue weighted by Crippen LogP contribution is 2.34. The van der Waals surface area contributed by atoms with Crippen molar-refractivity contribution in [3.05, 3.63) is 35.4 Å². The summed E-state index contributed by atoms with van der Waals surface area (Å²) in [6, 6.07) is 4.21. The zero-order chi connectivity index (χ0) is 14.5. The van der Waals surface area contributed by atoms with Crippen LogP contribution in [0.2, 0.25) is 0 Å². The quantitative estimate of drug-likeness (QED) is 0.597. The molecule has 1 fully saturated rings. The molecular weight excluding hydrogens is 262 g/mol. The Bertz CT molecular complexity index is 436. The second-order valence-corrected chi connectivity index (χ2v) is 5.43. The van der Waals surface area contributed by atoms with Crippen LogP contribution in [-0.2, 0) is 11.2 Å². The van der Waals surface area contributed by atoms with Gasteiger partial charge in [0.05, 0.1) is 6.10 Å². The summed E-state index contributed by atoms with van der Waals surface area (Å²) in [6.45, 7) is 2.73. The molecule has 1 unspecified atom stereocenters. The summed E-state index contributed by atoms with van der Waals surface area (Å²) in [5, 5.41) is 0. The van der Waals surface area contributed by atoms with E-state index in [9.17, 15) is 8.78 Å². The molecule has 0 spiro atoms. The zero-order valence-corrected chi connectivity index (χ0v) is 11.7. The number of hydrogen-bond donors (Lipinski definition) is 2. The van der Waals surface area contributed by atoms with E-state index in [-0.39, 0.29) is 6.04 Å². The van der Waals surface area contributed by atoms with Gasteiger partial charge in [-0.05, 0) is 50.2 Å². The Hall–Kier alpha value is -1.04. The van der Waals surface area contributed by atoms with Gasteiger partial charge in [-0.2, -0.15) is 0 Å². The van der Waals surface area contributed by atoms with Crippen LogP contribution in [0, 0.1) is 17.6 Å². The Morgan fingerprint density at radius 1 is 1.40 bits per heavy atom. The molecule has 0 saturated heterocycles. The first-order valence-corrected chi connectivity index (χ1v) is 7.14. The largest absolute Gasteiger partial charge is 0.378 e. The number of nitrogens with two attached hydrogens (primary N) is 1. The molecule has 1 aliphatic carbocycles. The van der Waals surface area contributed by atoms with E-state index in [4.69, 9.17) is 10.6 Å². The molecule has 1 saturated carbocycles. The van der Waals surface area contributed by atoms with Gasteiger partial charge in [-0.15, -0.1) is 0 Å². The van der Waals surface area contributed by atoms with Gasteiger partial charge in [-0.3, -0.25) is 11.3 Å². The van der Waals surface area contributed by atoms with Gasteiger partial charge >= 0.3 is 0 Å². The number of hydrogen-bond acceptors (Lipinski definition) is 3. The molecule has 0 aromatic heterocycles. The monoisotopic (exact) mass is 284 g/mol. The highest BCUT2D eigenvalue weighted by Gasteiger charge is 2.31. The van der Waals surface area contributed by atoms with Gasteiger partial charge in [-0.25, -0.2) is 8.78 Å². The van der Waals surface area contributed by atoms with Crippen LogP contribution in [0.25, 0.3) is 0 Å². The fraction of sp³-hybridized carbons (Fsp3) is 0.600. The minimum Gasteiger partial charge on any atom is -0.378 e. The Morgan fingerprint density at radius 3 is 2.80 bits per heavy atom. The Labute approximate surface area is 118 Å². The Morgan fingerprint density at radius 2 is 2.15 bits per heavy atom. The van der Waals surface area contributed by atoms with Gasteiger partial charge in [0, 0.05) is 12.6 Å². The third-order valence-electron chi connectivity index (χ3n) is 3.95. The average Bonchev–Trinajstić information content (AvgIpc) is 2.40. The summed E-state index contributed by atoms with van der Waals surface area (Å²) < 4.78 is 32.3. The van der Waals surface area contributed by atoms with Crippen molar-refractivity contribution < 1.29 is 13.5 Å². The maximum atomic E-state index is 13.6. The van der Waals surface area contributed by atoms with Crippen LogP contribution in [0.1, 0.15) is 31.7 Å². The first-order valence-electron chi connectivity index (χ1n) is 7.14. The normalized spacial score (nSPS) is 23.4. The zero-order valence-electron chi connectivity index (χ0n) is 11.7. The predicted molar refractivity (Wildman–Crippen MR) is 73.9 cm³/mol. The Kier molecular flexibility index (Phi) is 5.46. The molecule has 20 heavy (non-hydrogen) atoms. The van der Waals surface area contributed by atoms with Crippen molar-refractivity contribution in [3.8, 4) is 0 Å². The summed E-state index contributed by atoms with van der Waals surface area (Å²) in [5.74, 6) is 4.50. The van der Waals surface area contributed by atoms with E-state index in [1.165, 1.54) is 6.07 Å². The van der Waals surface area contributed by atoms with Crippen LogP contribution in [-0.4, -0.2) is 18.8 Å². The number of halogens is 2. The Balaban J connectivity index is 1.85. The fourth-order valence-corrected chi connectivity index (χ4v) is 2.82. The fourth-order valence-electron chi connectivity index (χ4n) is 2.82. The summed E-state index contributed by atoms with van der Waals surface area (Å²) >= 11 is 0. The molecule has 3 nitrogen and oxygen atoms in total. The van der Waals surface area contributed by atoms with Crippen molar-refractivity contribution in [2.45, 2.75) is 44.8 Å². The predicted octanol–water partition coefficient (Wildman–Crippen LogP) is 2.54. The van der Waals surface area contributed by atoms with Gasteiger partial charge in [0.15, 0.2) is 11.6 Å². The summed E-state index contributed by atoms with van der Waals surface area (Å²) in [7, 11) is 0. The smallest absolute Gasteiger partial charge is 0.162 e. The van der Waals surface area contributed by atoms with Crippen LogP contribution < -0.4 is 11.3 Å². The SMILES string of the molecule is CCOC1CC(CC(Cc2cccc(F)c2F)NN)C1. The van der Waals surface area contributed by atoms with Crippen LogP contribution in [0.5, 0.6) is 0 Å². The standard InChI is InChI=1S/C15H22F2N2O/c1-2-20-13-7-10(8-13)6-12(19-18)9-11-4-3-5-14(16)15(11)17/h3-5,10,12-13,19H,2,6-9,18H2,1H3. The van der Waals surface area contributed by atoms with Crippen molar-refractivity contribution in [1.29, 1.82) is 0 Å². The highest BCUT2D eigenvalue weighted by molar-refractivity contribution is 5.20. The van der Waals surface area contributed by atoms with Gasteiger partial charge < -0.3 is 4.74 Å². The van der Waals surface area contributed by atoms with Crippen molar-refractivity contribution in [2.24, 2.45) is 11.8 Å². The van der Waals surface area contributed by atoms with Gasteiger partial charge in [-0.1, -0.05) is 12.1 Å². The molecule has 1 atom stereocenters. The maximum absolute atomic E-state index is 13.6. The van der Waals surface area contributed by atoms with E-state index < -0.39 is 11.6 Å². The van der Waals surface area contributed by atoms with Crippen molar-refractivity contribution in [2.75, 3.05) is 6.61 Å². The molecule has 112 valence electrons. The lowest BCUT2D eigenvalue weighted by molar-refractivity contribution is -0.0290. The molecule has 0 amide bonds. The van der Waals surface area contributed by atoms with Crippen LogP contribution in [0.3, 0.4) is 0 Å².